The molecule has 5 heteroatoms. The largest absolute Gasteiger partial charge is 0.539 e. The first-order valence-electron chi connectivity index (χ1n) is 4.29. The Kier molecular flexibility index (Phi) is 2.77. The zero-order chi connectivity index (χ0) is 11.7. The van der Waals surface area contributed by atoms with E-state index in [2.05, 4.69) is 0 Å². The minimum atomic E-state index is -3.96. The third-order valence-electron chi connectivity index (χ3n) is 2.35. The Hall–Kier alpha value is -1.49. The molecule has 0 radical (unpaired) electrons. The van der Waals surface area contributed by atoms with Crippen LogP contribution >= 0.6 is 0 Å². The lowest BCUT2D eigenvalue weighted by atomic mass is 10.2. The molecular formula is C10H11F2NO2. The number of carboxylic acid groups (broad SMARTS) is 1. The van der Waals surface area contributed by atoms with Crippen molar-refractivity contribution in [1.82, 2.24) is 4.48 Å². The van der Waals surface area contributed by atoms with Crippen molar-refractivity contribution in [1.29, 1.82) is 0 Å². The summed E-state index contributed by atoms with van der Waals surface area (Å²) in [4.78, 5) is 10.4. The van der Waals surface area contributed by atoms with Gasteiger partial charge in [-0.3, -0.25) is 0 Å². The molecule has 0 amide bonds. The molecule has 1 aromatic rings. The number of benzene rings is 1. The molecule has 1 aromatic carbocycles. The summed E-state index contributed by atoms with van der Waals surface area (Å²) in [5, 5.41) is 10.4. The van der Waals surface area contributed by atoms with Gasteiger partial charge in [0, 0.05) is 0 Å². The molecule has 0 saturated carbocycles. The van der Waals surface area contributed by atoms with Crippen LogP contribution in [0.3, 0.4) is 0 Å². The van der Waals surface area contributed by atoms with Gasteiger partial charge in [0.15, 0.2) is 5.97 Å². The minimum absolute atomic E-state index is 0.201. The summed E-state index contributed by atoms with van der Waals surface area (Å²) in [6, 6.07) is 3.73. The second-order valence-corrected chi connectivity index (χ2v) is 3.62. The van der Waals surface area contributed by atoms with Crippen molar-refractivity contribution < 1.29 is 18.7 Å². The van der Waals surface area contributed by atoms with Gasteiger partial charge in [-0.25, -0.2) is 4.48 Å². The maximum atomic E-state index is 13.3. The number of aliphatic carboxylic acids is 1. The SMILES string of the molecule is C[N+](C)(c1ccccc1)C(F)(F)C(=O)[O-]. The molecule has 82 valence electrons. The van der Waals surface area contributed by atoms with Gasteiger partial charge >= 0.3 is 6.05 Å². The summed E-state index contributed by atoms with van der Waals surface area (Å²) in [6.07, 6.45) is 0. The van der Waals surface area contributed by atoms with Gasteiger partial charge < -0.3 is 9.90 Å². The van der Waals surface area contributed by atoms with E-state index in [9.17, 15) is 18.7 Å². The van der Waals surface area contributed by atoms with Gasteiger partial charge in [-0.15, -0.1) is 8.78 Å². The third kappa shape index (κ3) is 1.83. The van der Waals surface area contributed by atoms with Crippen LogP contribution in [0.5, 0.6) is 0 Å². The minimum Gasteiger partial charge on any atom is -0.539 e. The number of rotatable bonds is 3. The first kappa shape index (κ1) is 11.6. The predicted octanol–water partition coefficient (Wildman–Crippen LogP) is 0.596. The molecule has 3 nitrogen and oxygen atoms in total. The fraction of sp³-hybridized carbons (Fsp3) is 0.300. The van der Waals surface area contributed by atoms with E-state index in [1.165, 1.54) is 12.1 Å². The molecular weight excluding hydrogens is 204 g/mol. The van der Waals surface area contributed by atoms with E-state index in [0.717, 1.165) is 14.1 Å². The maximum absolute atomic E-state index is 13.3. The molecule has 0 aromatic heterocycles. The van der Waals surface area contributed by atoms with Gasteiger partial charge in [0.2, 0.25) is 0 Å². The van der Waals surface area contributed by atoms with E-state index in [-0.39, 0.29) is 5.69 Å². The van der Waals surface area contributed by atoms with Crippen LogP contribution in [-0.4, -0.2) is 26.1 Å². The molecule has 0 spiro atoms. The number of nitrogens with zero attached hydrogens (tertiary/aromatic N) is 1. The molecule has 0 aliphatic heterocycles. The number of hydrogen-bond acceptors (Lipinski definition) is 2. The molecule has 1 rings (SSSR count). The van der Waals surface area contributed by atoms with Crippen LogP contribution in [-0.2, 0) is 4.79 Å². The number of carbonyl (C=O) groups excluding carboxylic acids is 1. The molecule has 0 bridgehead atoms. The Balaban J connectivity index is 3.19. The topological polar surface area (TPSA) is 40.1 Å². The highest BCUT2D eigenvalue weighted by atomic mass is 19.3. The van der Waals surface area contributed by atoms with E-state index in [0.29, 0.717) is 0 Å². The number of likely N-dealkylation sites (N-methyl/N-ethyl adjacent to an activating group) is 1. The standard InChI is InChI=1S/C10H11F2NO2/c1-13(2,10(11,12)9(14)15)8-6-4-3-5-7-8/h3-7H,1-2H3. The normalized spacial score (nSPS) is 12.5. The monoisotopic (exact) mass is 215 g/mol. The Labute approximate surface area is 86.1 Å². The van der Waals surface area contributed by atoms with E-state index in [1.807, 2.05) is 0 Å². The van der Waals surface area contributed by atoms with Crippen molar-refractivity contribution in [2.24, 2.45) is 0 Å². The van der Waals surface area contributed by atoms with Crippen molar-refractivity contribution in [3.05, 3.63) is 30.3 Å². The van der Waals surface area contributed by atoms with Crippen molar-refractivity contribution in [2.75, 3.05) is 14.1 Å². The summed E-state index contributed by atoms with van der Waals surface area (Å²) in [5.41, 5.74) is 0.201. The summed E-state index contributed by atoms with van der Waals surface area (Å²) in [5.74, 6) is -2.38. The molecule has 0 aliphatic carbocycles. The first-order chi connectivity index (χ1) is 6.80. The fourth-order valence-corrected chi connectivity index (χ4v) is 1.19. The Morgan fingerprint density at radius 2 is 1.73 bits per heavy atom. The van der Waals surface area contributed by atoms with E-state index < -0.39 is 16.5 Å². The van der Waals surface area contributed by atoms with Gasteiger partial charge in [-0.2, -0.15) is 0 Å². The van der Waals surface area contributed by atoms with E-state index in [4.69, 9.17) is 0 Å². The Morgan fingerprint density at radius 3 is 2.13 bits per heavy atom. The molecule has 0 heterocycles. The molecule has 0 atom stereocenters. The third-order valence-corrected chi connectivity index (χ3v) is 2.35. The van der Waals surface area contributed by atoms with Gasteiger partial charge in [0.1, 0.15) is 5.69 Å². The second kappa shape index (κ2) is 3.58. The number of halogens is 2. The lowest BCUT2D eigenvalue weighted by molar-refractivity contribution is -0.340. The zero-order valence-corrected chi connectivity index (χ0v) is 8.41. The highest BCUT2D eigenvalue weighted by molar-refractivity contribution is 5.75. The quantitative estimate of drug-likeness (QED) is 0.547. The van der Waals surface area contributed by atoms with Crippen molar-refractivity contribution in [3.8, 4) is 0 Å². The first-order valence-corrected chi connectivity index (χ1v) is 4.29. The number of alkyl halides is 2. The van der Waals surface area contributed by atoms with Gasteiger partial charge in [0.05, 0.1) is 14.1 Å². The average molecular weight is 215 g/mol. The Morgan fingerprint density at radius 1 is 1.27 bits per heavy atom. The van der Waals surface area contributed by atoms with Crippen LogP contribution in [0.25, 0.3) is 0 Å². The van der Waals surface area contributed by atoms with Crippen molar-refractivity contribution in [3.63, 3.8) is 0 Å². The number of para-hydroxylation sites is 1. The van der Waals surface area contributed by atoms with Crippen LogP contribution < -0.4 is 9.59 Å². The van der Waals surface area contributed by atoms with Gasteiger partial charge in [-0.1, -0.05) is 18.2 Å². The number of carbonyl (C=O) groups is 1. The summed E-state index contributed by atoms with van der Waals surface area (Å²) < 4.78 is 25.6. The zero-order valence-electron chi connectivity index (χ0n) is 8.41. The molecule has 0 unspecified atom stereocenters. The van der Waals surface area contributed by atoms with E-state index >= 15 is 0 Å². The number of quaternary nitrogens is 1. The molecule has 0 fully saturated rings. The van der Waals surface area contributed by atoms with Gasteiger partial charge in [0.25, 0.3) is 0 Å². The summed E-state index contributed by atoms with van der Waals surface area (Å²) in [6.45, 7) is 0. The lowest BCUT2D eigenvalue weighted by Gasteiger charge is -2.36. The average Bonchev–Trinajstić information content (AvgIpc) is 2.18. The van der Waals surface area contributed by atoms with Crippen LogP contribution in [0.15, 0.2) is 30.3 Å². The number of carboxylic acids is 1. The van der Waals surface area contributed by atoms with Crippen LogP contribution in [0.4, 0.5) is 14.5 Å². The second-order valence-electron chi connectivity index (χ2n) is 3.62. The highest BCUT2D eigenvalue weighted by Crippen LogP contribution is 2.31. The summed E-state index contributed by atoms with van der Waals surface area (Å²) in [7, 11) is 2.23. The van der Waals surface area contributed by atoms with Crippen LogP contribution in [0, 0.1) is 0 Å². The van der Waals surface area contributed by atoms with Crippen LogP contribution in [0.2, 0.25) is 0 Å². The lowest BCUT2D eigenvalue weighted by Crippen LogP contribution is -2.63. The smallest absolute Gasteiger partial charge is 0.437 e. The maximum Gasteiger partial charge on any atom is 0.437 e. The predicted molar refractivity (Wildman–Crippen MR) is 50.0 cm³/mol. The molecule has 15 heavy (non-hydrogen) atoms. The van der Waals surface area contributed by atoms with Gasteiger partial charge in [-0.05, 0) is 12.1 Å². The van der Waals surface area contributed by atoms with Crippen molar-refractivity contribution >= 4 is 11.7 Å². The van der Waals surface area contributed by atoms with Crippen molar-refractivity contribution in [2.45, 2.75) is 6.05 Å². The fourth-order valence-electron chi connectivity index (χ4n) is 1.19. The Bertz CT molecular complexity index is 363. The molecule has 0 N–H and O–H groups in total. The molecule has 0 saturated heterocycles. The highest BCUT2D eigenvalue weighted by Gasteiger charge is 2.50. The van der Waals surface area contributed by atoms with Crippen LogP contribution in [0.1, 0.15) is 0 Å². The summed E-state index contributed by atoms with van der Waals surface area (Å²) >= 11 is 0. The van der Waals surface area contributed by atoms with E-state index in [1.54, 1.807) is 18.2 Å². The molecule has 0 aliphatic rings. The number of hydrogen-bond donors (Lipinski definition) is 0.